The van der Waals surface area contributed by atoms with Crippen molar-refractivity contribution in [3.8, 4) is 0 Å². The van der Waals surface area contributed by atoms with E-state index in [1.165, 1.54) is 24.0 Å². The molecule has 2 aliphatic rings. The number of esters is 1. The van der Waals surface area contributed by atoms with Gasteiger partial charge in [0.2, 0.25) is 0 Å². The molecule has 0 unspecified atom stereocenters. The quantitative estimate of drug-likeness (QED) is 0.287. The molecule has 2 nitrogen and oxygen atoms in total. The molecule has 2 heteroatoms. The fourth-order valence-corrected chi connectivity index (χ4v) is 5.65. The number of hydrogen-bond donors (Lipinski definition) is 0. The first-order valence-electron chi connectivity index (χ1n) is 11.7. The van der Waals surface area contributed by atoms with Gasteiger partial charge in [-0.25, -0.2) is 4.79 Å². The van der Waals surface area contributed by atoms with E-state index in [1.54, 1.807) is 11.6 Å². The summed E-state index contributed by atoms with van der Waals surface area (Å²) in [4.78, 5) is 11.7. The summed E-state index contributed by atoms with van der Waals surface area (Å²) < 4.78 is 5.03. The van der Waals surface area contributed by atoms with Gasteiger partial charge in [-0.15, -0.1) is 0 Å². The van der Waals surface area contributed by atoms with Gasteiger partial charge in [-0.3, -0.25) is 0 Å². The Morgan fingerprint density at radius 1 is 1.07 bits per heavy atom. The summed E-state index contributed by atoms with van der Waals surface area (Å²) in [5.41, 5.74) is 6.15. The molecular weight excluding hydrogens is 368 g/mol. The van der Waals surface area contributed by atoms with Gasteiger partial charge in [0.25, 0.3) is 0 Å². The monoisotopic (exact) mass is 408 g/mol. The Kier molecular flexibility index (Phi) is 6.11. The lowest BCUT2D eigenvalue weighted by molar-refractivity contribution is -0.137. The molecule has 0 bridgehead atoms. The van der Waals surface area contributed by atoms with Crippen molar-refractivity contribution in [1.29, 1.82) is 0 Å². The summed E-state index contributed by atoms with van der Waals surface area (Å²) >= 11 is 0. The van der Waals surface area contributed by atoms with Gasteiger partial charge in [0, 0.05) is 11.5 Å². The zero-order valence-electron chi connectivity index (χ0n) is 20.3. The number of ether oxygens (including phenoxy) is 1. The van der Waals surface area contributed by atoms with Gasteiger partial charge in [-0.2, -0.15) is 0 Å². The van der Waals surface area contributed by atoms with E-state index >= 15 is 0 Å². The van der Waals surface area contributed by atoms with Crippen LogP contribution in [0.2, 0.25) is 0 Å². The van der Waals surface area contributed by atoms with Gasteiger partial charge in [-0.1, -0.05) is 78.3 Å². The maximum Gasteiger partial charge on any atom is 0.330 e. The maximum absolute atomic E-state index is 11.7. The highest BCUT2D eigenvalue weighted by Gasteiger charge is 2.59. The second-order valence-electron chi connectivity index (χ2n) is 10.9. The Balaban J connectivity index is 1.90. The molecule has 0 aliphatic heterocycles. The lowest BCUT2D eigenvalue weighted by atomic mass is 9.62. The van der Waals surface area contributed by atoms with Crippen molar-refractivity contribution in [3.05, 3.63) is 58.7 Å². The zero-order chi connectivity index (χ0) is 22.3. The predicted molar refractivity (Wildman–Crippen MR) is 126 cm³/mol. The van der Waals surface area contributed by atoms with Crippen molar-refractivity contribution in [2.75, 3.05) is 6.61 Å². The molecule has 30 heavy (non-hydrogen) atoms. The van der Waals surface area contributed by atoms with E-state index in [2.05, 4.69) is 71.9 Å². The minimum absolute atomic E-state index is 0.169. The number of hydrogen-bond acceptors (Lipinski definition) is 2. The van der Waals surface area contributed by atoms with Crippen molar-refractivity contribution in [2.45, 2.75) is 90.9 Å². The maximum atomic E-state index is 11.7. The highest BCUT2D eigenvalue weighted by molar-refractivity contribution is 5.83. The number of carbonyl (C=O) groups is 1. The first kappa shape index (κ1) is 22.8. The lowest BCUT2D eigenvalue weighted by Gasteiger charge is -2.42. The van der Waals surface area contributed by atoms with Crippen LogP contribution >= 0.6 is 0 Å². The molecule has 3 atom stereocenters. The van der Waals surface area contributed by atoms with Gasteiger partial charge in [0.15, 0.2) is 0 Å². The van der Waals surface area contributed by atoms with Gasteiger partial charge < -0.3 is 4.74 Å². The van der Waals surface area contributed by atoms with Crippen molar-refractivity contribution in [3.63, 3.8) is 0 Å². The van der Waals surface area contributed by atoms with E-state index in [4.69, 9.17) is 4.74 Å². The molecule has 0 heterocycles. The van der Waals surface area contributed by atoms with Gasteiger partial charge in [0.1, 0.15) is 0 Å². The topological polar surface area (TPSA) is 26.3 Å². The molecule has 1 aromatic rings. The Morgan fingerprint density at radius 2 is 1.70 bits per heavy atom. The largest absolute Gasteiger partial charge is 0.463 e. The minimum Gasteiger partial charge on any atom is -0.463 e. The average Bonchev–Trinajstić information content (AvgIpc) is 3.28. The molecule has 0 radical (unpaired) electrons. The number of allylic oxidation sites excluding steroid dienone is 3. The Bertz CT molecular complexity index is 871. The molecule has 1 aromatic carbocycles. The molecule has 2 aliphatic carbocycles. The lowest BCUT2D eigenvalue weighted by Crippen LogP contribution is -2.34. The summed E-state index contributed by atoms with van der Waals surface area (Å²) in [6.45, 7) is 18.5. The molecule has 1 saturated carbocycles. The predicted octanol–water partition coefficient (Wildman–Crippen LogP) is 7.01. The van der Waals surface area contributed by atoms with Crippen LogP contribution in [-0.2, 0) is 25.8 Å². The molecule has 164 valence electrons. The molecular formula is C28H40O2. The third-order valence-electron chi connectivity index (χ3n) is 7.90. The van der Waals surface area contributed by atoms with E-state index in [-0.39, 0.29) is 22.2 Å². The summed E-state index contributed by atoms with van der Waals surface area (Å²) in [6, 6.07) is 7.32. The second-order valence-corrected chi connectivity index (χ2v) is 10.9. The van der Waals surface area contributed by atoms with Crippen LogP contribution in [0.25, 0.3) is 0 Å². The van der Waals surface area contributed by atoms with Crippen LogP contribution in [0.4, 0.5) is 0 Å². The van der Waals surface area contributed by atoms with Gasteiger partial charge >= 0.3 is 5.97 Å². The van der Waals surface area contributed by atoms with E-state index < -0.39 is 0 Å². The molecule has 3 rings (SSSR count). The molecule has 0 N–H and O–H groups in total. The average molecular weight is 409 g/mol. The summed E-state index contributed by atoms with van der Waals surface area (Å²) in [5.74, 6) is 0.887. The highest BCUT2D eigenvalue weighted by Crippen LogP contribution is 2.63. The van der Waals surface area contributed by atoms with E-state index in [1.807, 2.05) is 13.8 Å². The van der Waals surface area contributed by atoms with E-state index in [9.17, 15) is 4.79 Å². The third kappa shape index (κ3) is 4.03. The summed E-state index contributed by atoms with van der Waals surface area (Å²) in [6.07, 6.45) is 9.65. The zero-order valence-corrected chi connectivity index (χ0v) is 20.3. The van der Waals surface area contributed by atoms with Gasteiger partial charge in [-0.05, 0) is 71.6 Å². The Morgan fingerprint density at radius 3 is 2.30 bits per heavy atom. The van der Waals surface area contributed by atoms with Crippen LogP contribution in [0.3, 0.4) is 0 Å². The van der Waals surface area contributed by atoms with Gasteiger partial charge in [0.05, 0.1) is 6.61 Å². The first-order chi connectivity index (χ1) is 14.0. The SMILES string of the molecule is CCOC(=O)/C=C(C)/C=C/[C@@H]1[C@H](CC)[C@]1(C)c1ccc2c(c1)C(C)(C)CCC2(C)C. The van der Waals surface area contributed by atoms with Crippen LogP contribution in [0, 0.1) is 11.8 Å². The van der Waals surface area contributed by atoms with E-state index in [0.717, 1.165) is 12.0 Å². The third-order valence-corrected chi connectivity index (χ3v) is 7.90. The van der Waals surface area contributed by atoms with Crippen molar-refractivity contribution >= 4 is 5.97 Å². The van der Waals surface area contributed by atoms with Crippen LogP contribution in [0.5, 0.6) is 0 Å². The molecule has 0 amide bonds. The van der Waals surface area contributed by atoms with Crippen molar-refractivity contribution in [1.82, 2.24) is 0 Å². The molecule has 1 fully saturated rings. The number of fused-ring (bicyclic) bond motifs is 1. The van der Waals surface area contributed by atoms with Crippen molar-refractivity contribution < 1.29 is 9.53 Å². The van der Waals surface area contributed by atoms with Crippen LogP contribution in [0.15, 0.2) is 42.0 Å². The number of benzene rings is 1. The fraction of sp³-hybridized carbons (Fsp3) is 0.607. The summed E-state index contributed by atoms with van der Waals surface area (Å²) in [7, 11) is 0. The van der Waals surface area contributed by atoms with Crippen LogP contribution in [0.1, 0.15) is 91.3 Å². The first-order valence-corrected chi connectivity index (χ1v) is 11.7. The number of carbonyl (C=O) groups excluding carboxylic acids is 1. The normalized spacial score (nSPS) is 29.5. The molecule has 0 saturated heterocycles. The fourth-order valence-electron chi connectivity index (χ4n) is 5.65. The second kappa shape index (κ2) is 8.02. The molecule has 0 aromatic heterocycles. The Labute approximate surface area is 183 Å². The van der Waals surface area contributed by atoms with E-state index in [0.29, 0.717) is 18.4 Å². The van der Waals surface area contributed by atoms with Crippen molar-refractivity contribution in [2.24, 2.45) is 11.8 Å². The Hall–Kier alpha value is -1.83. The highest BCUT2D eigenvalue weighted by atomic mass is 16.5. The standard InChI is InChI=1S/C28H40O2/c1-9-21-23(13-11-19(3)17-25(29)30-10-2)28(21,8)20-12-14-22-24(18-20)27(6,7)16-15-26(22,4)5/h11-14,17-18,21,23H,9-10,15-16H2,1-8H3/b13-11+,19-17+/t21-,23+,28-/m0/s1. The minimum atomic E-state index is -0.259. The molecule has 0 spiro atoms. The summed E-state index contributed by atoms with van der Waals surface area (Å²) in [5, 5.41) is 0. The van der Waals surface area contributed by atoms with Crippen LogP contribution in [-0.4, -0.2) is 12.6 Å². The number of rotatable bonds is 6. The smallest absolute Gasteiger partial charge is 0.330 e. The van der Waals surface area contributed by atoms with Crippen LogP contribution < -0.4 is 0 Å².